The number of nitrogens with zero attached hydrogens (tertiary/aromatic N) is 3. The highest BCUT2D eigenvalue weighted by Gasteiger charge is 2.23. The van der Waals surface area contributed by atoms with Gasteiger partial charge in [0.1, 0.15) is 0 Å². The minimum absolute atomic E-state index is 0.0431. The Bertz CT molecular complexity index is 1420. The van der Waals surface area contributed by atoms with Crippen molar-refractivity contribution in [3.8, 4) is 22.5 Å². The molecule has 2 aromatic heterocycles. The summed E-state index contributed by atoms with van der Waals surface area (Å²) < 4.78 is 2.01. The van der Waals surface area contributed by atoms with Crippen LogP contribution >= 0.6 is 0 Å². The standard InChI is InChI=1S/C28H31N7O2/c29-12-1-2-13-31-26-27-32-16-24(19-6-8-20(9-7-19)28(37)33-22-10-11-22)35(27)17-23(34-26)21-5-3-4-18(14-21)15-25(30)36/h3-9,14,16-17,22H,1-2,10-13,15,29H2,(H2,30,36)(H,31,34)(H,33,37). The van der Waals surface area contributed by atoms with Gasteiger partial charge in [0, 0.05) is 35.5 Å². The number of hydrogen-bond acceptors (Lipinski definition) is 6. The van der Waals surface area contributed by atoms with Gasteiger partial charge >= 0.3 is 0 Å². The number of aromatic nitrogens is 3. The van der Waals surface area contributed by atoms with Crippen LogP contribution in [0, 0.1) is 0 Å². The van der Waals surface area contributed by atoms with E-state index in [0.717, 1.165) is 60.3 Å². The molecule has 190 valence electrons. The molecular weight excluding hydrogens is 466 g/mol. The topological polar surface area (TPSA) is 140 Å². The summed E-state index contributed by atoms with van der Waals surface area (Å²) in [6.07, 6.45) is 7.86. The predicted octanol–water partition coefficient (Wildman–Crippen LogP) is 3.13. The van der Waals surface area contributed by atoms with E-state index in [1.807, 2.05) is 65.3 Å². The van der Waals surface area contributed by atoms with Gasteiger partial charge in [-0.25, -0.2) is 9.97 Å². The van der Waals surface area contributed by atoms with E-state index in [1.54, 1.807) is 0 Å². The number of benzene rings is 2. The van der Waals surface area contributed by atoms with Crippen molar-refractivity contribution >= 4 is 23.3 Å². The normalized spacial score (nSPS) is 13.0. The first-order valence-electron chi connectivity index (χ1n) is 12.6. The number of rotatable bonds is 11. The summed E-state index contributed by atoms with van der Waals surface area (Å²) in [6, 6.07) is 15.5. The first-order valence-corrected chi connectivity index (χ1v) is 12.6. The summed E-state index contributed by atoms with van der Waals surface area (Å²) in [5.41, 5.74) is 16.7. The molecule has 0 unspecified atom stereocenters. The van der Waals surface area contributed by atoms with Crippen molar-refractivity contribution in [2.45, 2.75) is 38.1 Å². The number of anilines is 1. The second-order valence-electron chi connectivity index (χ2n) is 9.40. The van der Waals surface area contributed by atoms with Gasteiger partial charge in [-0.1, -0.05) is 30.3 Å². The molecular formula is C28H31N7O2. The third-order valence-corrected chi connectivity index (χ3v) is 6.37. The zero-order valence-corrected chi connectivity index (χ0v) is 20.6. The first kappa shape index (κ1) is 24.5. The van der Waals surface area contributed by atoms with E-state index in [4.69, 9.17) is 16.5 Å². The van der Waals surface area contributed by atoms with Crippen LogP contribution in [-0.2, 0) is 11.2 Å². The van der Waals surface area contributed by atoms with Crippen LogP contribution in [0.3, 0.4) is 0 Å². The van der Waals surface area contributed by atoms with Crippen LogP contribution in [0.5, 0.6) is 0 Å². The summed E-state index contributed by atoms with van der Waals surface area (Å²) in [5, 5.41) is 6.44. The Labute approximate surface area is 215 Å². The third-order valence-electron chi connectivity index (χ3n) is 6.37. The van der Waals surface area contributed by atoms with E-state index in [2.05, 4.69) is 15.6 Å². The molecule has 0 spiro atoms. The van der Waals surface area contributed by atoms with Crippen LogP contribution in [0.15, 0.2) is 60.9 Å². The molecule has 2 heterocycles. The van der Waals surface area contributed by atoms with Gasteiger partial charge < -0.3 is 22.1 Å². The van der Waals surface area contributed by atoms with Crippen molar-refractivity contribution in [2.24, 2.45) is 11.5 Å². The first-order chi connectivity index (χ1) is 18.0. The number of carbonyl (C=O) groups is 2. The SMILES string of the molecule is NCCCCNc1nc(-c2cccc(CC(N)=O)c2)cn2c(-c3ccc(C(=O)NC4CC4)cc3)cnc12. The lowest BCUT2D eigenvalue weighted by Gasteiger charge is -2.12. The predicted molar refractivity (Wildman–Crippen MR) is 144 cm³/mol. The summed E-state index contributed by atoms with van der Waals surface area (Å²) in [4.78, 5) is 33.4. The fourth-order valence-corrected chi connectivity index (χ4v) is 4.27. The van der Waals surface area contributed by atoms with Gasteiger partial charge in [-0.15, -0.1) is 0 Å². The monoisotopic (exact) mass is 497 g/mol. The maximum absolute atomic E-state index is 12.4. The quantitative estimate of drug-likeness (QED) is 0.235. The molecule has 1 fully saturated rings. The summed E-state index contributed by atoms with van der Waals surface area (Å²) in [6.45, 7) is 1.36. The smallest absolute Gasteiger partial charge is 0.251 e. The number of unbranched alkanes of at least 4 members (excludes halogenated alkanes) is 1. The highest BCUT2D eigenvalue weighted by molar-refractivity contribution is 5.95. The molecule has 5 rings (SSSR count). The van der Waals surface area contributed by atoms with Crippen molar-refractivity contribution < 1.29 is 9.59 Å². The second-order valence-corrected chi connectivity index (χ2v) is 9.40. The number of hydrogen-bond donors (Lipinski definition) is 4. The van der Waals surface area contributed by atoms with Gasteiger partial charge in [0.15, 0.2) is 11.5 Å². The zero-order valence-electron chi connectivity index (χ0n) is 20.6. The van der Waals surface area contributed by atoms with E-state index in [-0.39, 0.29) is 18.2 Å². The van der Waals surface area contributed by atoms with Gasteiger partial charge in [-0.05, 0) is 56.0 Å². The molecule has 0 bridgehead atoms. The van der Waals surface area contributed by atoms with Crippen molar-refractivity contribution in [3.63, 3.8) is 0 Å². The molecule has 2 aromatic carbocycles. The Morgan fingerprint density at radius 2 is 1.86 bits per heavy atom. The van der Waals surface area contributed by atoms with Gasteiger partial charge in [0.2, 0.25) is 5.91 Å². The van der Waals surface area contributed by atoms with Crippen LogP contribution in [0.4, 0.5) is 5.82 Å². The Hall–Kier alpha value is -4.24. The number of nitrogens with two attached hydrogens (primary N) is 2. The molecule has 2 amide bonds. The fourth-order valence-electron chi connectivity index (χ4n) is 4.27. The highest BCUT2D eigenvalue weighted by atomic mass is 16.2. The second kappa shape index (κ2) is 10.8. The van der Waals surface area contributed by atoms with Crippen molar-refractivity contribution in [1.29, 1.82) is 0 Å². The molecule has 0 aliphatic heterocycles. The number of imidazole rings is 1. The summed E-state index contributed by atoms with van der Waals surface area (Å²) in [5.74, 6) is 0.244. The number of nitrogens with one attached hydrogen (secondary N) is 2. The average Bonchev–Trinajstić information content (AvgIpc) is 3.61. The molecule has 9 heteroatoms. The molecule has 0 saturated heterocycles. The maximum atomic E-state index is 12.4. The number of primary amides is 1. The lowest BCUT2D eigenvalue weighted by atomic mass is 10.1. The van der Waals surface area contributed by atoms with Gasteiger partial charge in [0.05, 0.1) is 24.0 Å². The molecule has 1 aliphatic rings. The van der Waals surface area contributed by atoms with Gasteiger partial charge in [-0.2, -0.15) is 0 Å². The van der Waals surface area contributed by atoms with E-state index in [1.165, 1.54) is 0 Å². The van der Waals surface area contributed by atoms with Crippen LogP contribution in [-0.4, -0.2) is 45.3 Å². The number of carbonyl (C=O) groups excluding carboxylic acids is 2. The molecule has 0 atom stereocenters. The van der Waals surface area contributed by atoms with Crippen LogP contribution in [0.2, 0.25) is 0 Å². The summed E-state index contributed by atoms with van der Waals surface area (Å²) >= 11 is 0. The third kappa shape index (κ3) is 5.78. The fraction of sp³-hybridized carbons (Fsp3) is 0.286. The minimum Gasteiger partial charge on any atom is -0.369 e. The molecule has 4 aromatic rings. The van der Waals surface area contributed by atoms with Crippen molar-refractivity contribution in [3.05, 3.63) is 72.1 Å². The van der Waals surface area contributed by atoms with Gasteiger partial charge in [-0.3, -0.25) is 14.0 Å². The van der Waals surface area contributed by atoms with Gasteiger partial charge in [0.25, 0.3) is 5.91 Å². The zero-order chi connectivity index (χ0) is 25.8. The van der Waals surface area contributed by atoms with E-state index >= 15 is 0 Å². The Balaban J connectivity index is 1.52. The molecule has 6 N–H and O–H groups in total. The van der Waals surface area contributed by atoms with Crippen molar-refractivity contribution in [1.82, 2.24) is 19.7 Å². The number of amides is 2. The average molecular weight is 498 g/mol. The Morgan fingerprint density at radius 3 is 2.59 bits per heavy atom. The highest BCUT2D eigenvalue weighted by Crippen LogP contribution is 2.29. The van der Waals surface area contributed by atoms with E-state index in [0.29, 0.717) is 29.6 Å². The van der Waals surface area contributed by atoms with Crippen LogP contribution < -0.4 is 22.1 Å². The maximum Gasteiger partial charge on any atom is 0.251 e. The molecule has 0 radical (unpaired) electrons. The van der Waals surface area contributed by atoms with E-state index in [9.17, 15) is 9.59 Å². The van der Waals surface area contributed by atoms with Crippen molar-refractivity contribution in [2.75, 3.05) is 18.4 Å². The minimum atomic E-state index is -0.381. The molecule has 37 heavy (non-hydrogen) atoms. The lowest BCUT2D eigenvalue weighted by molar-refractivity contribution is -0.117. The van der Waals surface area contributed by atoms with E-state index < -0.39 is 0 Å². The van der Waals surface area contributed by atoms with Crippen LogP contribution in [0.1, 0.15) is 41.6 Å². The largest absolute Gasteiger partial charge is 0.369 e. The molecule has 1 saturated carbocycles. The molecule has 1 aliphatic carbocycles. The number of fused-ring (bicyclic) bond motifs is 1. The van der Waals surface area contributed by atoms with Crippen LogP contribution in [0.25, 0.3) is 28.2 Å². The summed E-state index contributed by atoms with van der Waals surface area (Å²) in [7, 11) is 0. The Morgan fingerprint density at radius 1 is 1.05 bits per heavy atom. The Kier molecular flexibility index (Phi) is 7.14. The molecule has 9 nitrogen and oxygen atoms in total. The lowest BCUT2D eigenvalue weighted by Crippen LogP contribution is -2.25.